The largest absolute Gasteiger partial charge is 0.348 e. The summed E-state index contributed by atoms with van der Waals surface area (Å²) in [7, 11) is -3.48. The molecule has 2 fully saturated rings. The third kappa shape index (κ3) is 5.77. The number of piperidine rings is 2. The van der Waals surface area contributed by atoms with Crippen LogP contribution in [0.1, 0.15) is 60.0 Å². The molecule has 172 valence electrons. The Kier molecular flexibility index (Phi) is 7.60. The minimum atomic E-state index is -3.48. The van der Waals surface area contributed by atoms with Gasteiger partial charge in [0.05, 0.1) is 4.90 Å². The molecule has 0 unspecified atom stereocenters. The van der Waals surface area contributed by atoms with Crippen molar-refractivity contribution < 1.29 is 13.2 Å². The van der Waals surface area contributed by atoms with Crippen molar-refractivity contribution in [3.05, 3.63) is 65.2 Å². The van der Waals surface area contributed by atoms with Crippen LogP contribution in [0.25, 0.3) is 0 Å². The van der Waals surface area contributed by atoms with Crippen LogP contribution in [0.4, 0.5) is 0 Å². The van der Waals surface area contributed by atoms with Gasteiger partial charge in [0.25, 0.3) is 5.91 Å². The molecule has 0 bridgehead atoms. The van der Waals surface area contributed by atoms with Gasteiger partial charge in [0.1, 0.15) is 0 Å². The molecule has 0 aromatic heterocycles. The number of nitrogens with one attached hydrogen (secondary N) is 1. The Bertz CT molecular complexity index is 992. The first-order valence-electron chi connectivity index (χ1n) is 11.7. The van der Waals surface area contributed by atoms with E-state index in [2.05, 4.69) is 34.5 Å². The van der Waals surface area contributed by atoms with E-state index in [1.807, 2.05) is 0 Å². The summed E-state index contributed by atoms with van der Waals surface area (Å²) in [6.45, 7) is 4.92. The Morgan fingerprint density at radius 1 is 0.750 bits per heavy atom. The van der Waals surface area contributed by atoms with Gasteiger partial charge in [-0.1, -0.05) is 37.1 Å². The Morgan fingerprint density at radius 3 is 1.94 bits per heavy atom. The van der Waals surface area contributed by atoms with Gasteiger partial charge in [0.15, 0.2) is 0 Å². The number of carbonyl (C=O) groups excluding carboxylic acids is 1. The molecule has 6 nitrogen and oxygen atoms in total. The minimum absolute atomic E-state index is 0.204. The first-order valence-corrected chi connectivity index (χ1v) is 13.1. The zero-order valence-corrected chi connectivity index (χ0v) is 19.4. The highest BCUT2D eigenvalue weighted by Crippen LogP contribution is 2.21. The summed E-state index contributed by atoms with van der Waals surface area (Å²) in [6, 6.07) is 14.7. The second-order valence-corrected chi connectivity index (χ2v) is 10.8. The molecule has 1 N–H and O–H groups in total. The summed E-state index contributed by atoms with van der Waals surface area (Å²) in [5, 5.41) is 2.93. The van der Waals surface area contributed by atoms with Crippen molar-refractivity contribution in [3.63, 3.8) is 0 Å². The van der Waals surface area contributed by atoms with Gasteiger partial charge < -0.3 is 5.32 Å². The Hall–Kier alpha value is -2.22. The highest BCUT2D eigenvalue weighted by molar-refractivity contribution is 7.89. The van der Waals surface area contributed by atoms with Crippen molar-refractivity contribution in [2.75, 3.05) is 26.2 Å². The third-order valence-corrected chi connectivity index (χ3v) is 8.31. The lowest BCUT2D eigenvalue weighted by atomic mass is 10.1. The van der Waals surface area contributed by atoms with Crippen molar-refractivity contribution in [2.45, 2.75) is 56.5 Å². The van der Waals surface area contributed by atoms with Crippen LogP contribution >= 0.6 is 0 Å². The zero-order valence-electron chi connectivity index (χ0n) is 18.6. The first-order chi connectivity index (χ1) is 15.5. The molecule has 4 rings (SSSR count). The molecular formula is C25H33N3O3S. The SMILES string of the molecule is O=C(NCc1ccc(CN2CCCCC2)cc1)c1ccc(S(=O)(=O)N2CCCCC2)cc1. The number of carbonyl (C=O) groups is 1. The van der Waals surface area contributed by atoms with Crippen molar-refractivity contribution >= 4 is 15.9 Å². The molecule has 0 spiro atoms. The molecule has 2 aliphatic heterocycles. The molecule has 32 heavy (non-hydrogen) atoms. The number of sulfonamides is 1. The van der Waals surface area contributed by atoms with Crippen molar-refractivity contribution in [1.29, 1.82) is 0 Å². The van der Waals surface area contributed by atoms with Gasteiger partial charge in [-0.25, -0.2) is 8.42 Å². The molecule has 2 aliphatic rings. The van der Waals surface area contributed by atoms with Gasteiger partial charge in [-0.3, -0.25) is 9.69 Å². The number of hydrogen-bond donors (Lipinski definition) is 1. The number of amides is 1. The second kappa shape index (κ2) is 10.6. The molecule has 2 saturated heterocycles. The predicted molar refractivity (Wildman–Crippen MR) is 126 cm³/mol. The van der Waals surface area contributed by atoms with Crippen LogP contribution in [0.2, 0.25) is 0 Å². The van der Waals surface area contributed by atoms with Gasteiger partial charge in [0, 0.05) is 31.7 Å². The second-order valence-electron chi connectivity index (χ2n) is 8.83. The Balaban J connectivity index is 1.30. The lowest BCUT2D eigenvalue weighted by molar-refractivity contribution is 0.0951. The number of benzene rings is 2. The predicted octanol–water partition coefficient (Wildman–Crippen LogP) is 3.78. The average molecular weight is 456 g/mol. The number of nitrogens with zero attached hydrogens (tertiary/aromatic N) is 2. The van der Waals surface area contributed by atoms with Crippen LogP contribution in [0.5, 0.6) is 0 Å². The summed E-state index contributed by atoms with van der Waals surface area (Å²) in [4.78, 5) is 15.3. The average Bonchev–Trinajstić information content (AvgIpc) is 2.85. The van der Waals surface area contributed by atoms with Crippen LogP contribution < -0.4 is 5.32 Å². The van der Waals surface area contributed by atoms with Crippen LogP contribution in [0.3, 0.4) is 0 Å². The van der Waals surface area contributed by atoms with E-state index in [1.165, 1.54) is 50.0 Å². The normalized spacial score (nSPS) is 18.4. The number of hydrogen-bond acceptors (Lipinski definition) is 4. The smallest absolute Gasteiger partial charge is 0.251 e. The van der Waals surface area contributed by atoms with Gasteiger partial charge >= 0.3 is 0 Å². The lowest BCUT2D eigenvalue weighted by Crippen LogP contribution is -2.35. The molecule has 7 heteroatoms. The number of likely N-dealkylation sites (tertiary alicyclic amines) is 1. The minimum Gasteiger partial charge on any atom is -0.348 e. The van der Waals surface area contributed by atoms with E-state index in [4.69, 9.17) is 0 Å². The molecule has 2 aromatic rings. The highest BCUT2D eigenvalue weighted by Gasteiger charge is 2.25. The fourth-order valence-electron chi connectivity index (χ4n) is 4.46. The molecule has 2 aromatic carbocycles. The maximum Gasteiger partial charge on any atom is 0.251 e. The molecule has 0 radical (unpaired) electrons. The lowest BCUT2D eigenvalue weighted by Gasteiger charge is -2.26. The summed E-state index contributed by atoms with van der Waals surface area (Å²) in [5.41, 5.74) is 2.81. The molecule has 0 aliphatic carbocycles. The van der Waals surface area contributed by atoms with Gasteiger partial charge in [-0.15, -0.1) is 0 Å². The molecular weight excluding hydrogens is 422 g/mol. The third-order valence-electron chi connectivity index (χ3n) is 6.40. The van der Waals surface area contributed by atoms with Crippen LogP contribution in [0, 0.1) is 0 Å². The maximum absolute atomic E-state index is 12.8. The summed E-state index contributed by atoms with van der Waals surface area (Å²) in [5.74, 6) is -0.204. The van der Waals surface area contributed by atoms with Crippen molar-refractivity contribution in [2.24, 2.45) is 0 Å². The molecule has 2 heterocycles. The summed E-state index contributed by atoms with van der Waals surface area (Å²) < 4.78 is 27.1. The van der Waals surface area contributed by atoms with Crippen molar-refractivity contribution in [1.82, 2.24) is 14.5 Å². The maximum atomic E-state index is 12.8. The fraction of sp³-hybridized carbons (Fsp3) is 0.480. The van der Waals surface area contributed by atoms with Gasteiger partial charge in [-0.05, 0) is 74.2 Å². The number of rotatable bonds is 7. The summed E-state index contributed by atoms with van der Waals surface area (Å²) in [6.07, 6.45) is 6.79. The van der Waals surface area contributed by atoms with E-state index < -0.39 is 10.0 Å². The Labute approximate surface area is 191 Å². The van der Waals surface area contributed by atoms with E-state index in [1.54, 1.807) is 16.4 Å². The Morgan fingerprint density at radius 2 is 1.31 bits per heavy atom. The van der Waals surface area contributed by atoms with E-state index in [-0.39, 0.29) is 10.8 Å². The van der Waals surface area contributed by atoms with E-state index in [9.17, 15) is 13.2 Å². The molecule has 0 atom stereocenters. The van der Waals surface area contributed by atoms with E-state index in [0.29, 0.717) is 25.2 Å². The molecule has 0 saturated carbocycles. The zero-order chi connectivity index (χ0) is 22.4. The van der Waals surface area contributed by atoms with Crippen LogP contribution in [-0.2, 0) is 23.1 Å². The standard InChI is InChI=1S/C25H33N3O3S/c29-25(23-11-13-24(14-12-23)32(30,31)28-17-5-2-6-18-28)26-19-21-7-9-22(10-8-21)20-27-15-3-1-4-16-27/h7-14H,1-6,15-20H2,(H,26,29). The van der Waals surface area contributed by atoms with E-state index in [0.717, 1.165) is 31.4 Å². The monoisotopic (exact) mass is 455 g/mol. The van der Waals surface area contributed by atoms with Crippen molar-refractivity contribution in [3.8, 4) is 0 Å². The van der Waals surface area contributed by atoms with Crippen LogP contribution in [0.15, 0.2) is 53.4 Å². The van der Waals surface area contributed by atoms with Gasteiger partial charge in [0.2, 0.25) is 10.0 Å². The summed E-state index contributed by atoms with van der Waals surface area (Å²) >= 11 is 0. The van der Waals surface area contributed by atoms with E-state index >= 15 is 0 Å². The molecule has 1 amide bonds. The quantitative estimate of drug-likeness (QED) is 0.690. The highest BCUT2D eigenvalue weighted by atomic mass is 32.2. The van der Waals surface area contributed by atoms with Crippen LogP contribution in [-0.4, -0.2) is 49.7 Å². The first kappa shape index (κ1) is 23.0. The fourth-order valence-corrected chi connectivity index (χ4v) is 5.97. The van der Waals surface area contributed by atoms with Gasteiger partial charge in [-0.2, -0.15) is 4.31 Å². The topological polar surface area (TPSA) is 69.7 Å².